The quantitative estimate of drug-likeness (QED) is 0.219. The van der Waals surface area contributed by atoms with Crippen LogP contribution in [-0.4, -0.2) is 26.8 Å². The fraction of sp³-hybridized carbons (Fsp3) is 0.382. The Hall–Kier alpha value is -3.64. The molecule has 5 rings (SSSR count). The van der Waals surface area contributed by atoms with Gasteiger partial charge >= 0.3 is 5.97 Å². The summed E-state index contributed by atoms with van der Waals surface area (Å²) in [5.41, 5.74) is 5.07. The van der Waals surface area contributed by atoms with Crippen LogP contribution in [0.5, 0.6) is 0 Å². The summed E-state index contributed by atoms with van der Waals surface area (Å²) < 4.78 is 5.70. The Morgan fingerprint density at radius 3 is 2.37 bits per heavy atom. The molecule has 0 atom stereocenters. The Kier molecular flexibility index (Phi) is 8.23. The average molecular weight is 572 g/mol. The molecule has 7 heteroatoms. The molecule has 4 aromatic rings. The number of carboxylic acids is 1. The SMILES string of the molecule is CCC1(C(=O)O)CCC(Cc2ccc(-c3noc(-c4ccc(-c5ccccc5)c(Cl)c4)n3)c(NC(C)(C)C)c2)CC1. The summed E-state index contributed by atoms with van der Waals surface area (Å²) in [4.78, 5) is 16.6. The Morgan fingerprint density at radius 2 is 1.73 bits per heavy atom. The van der Waals surface area contributed by atoms with Gasteiger partial charge in [0.2, 0.25) is 5.82 Å². The lowest BCUT2D eigenvalue weighted by Crippen LogP contribution is -2.35. The zero-order valence-electron chi connectivity index (χ0n) is 24.2. The van der Waals surface area contributed by atoms with E-state index in [-0.39, 0.29) is 5.54 Å². The Labute approximate surface area is 247 Å². The van der Waals surface area contributed by atoms with Gasteiger partial charge in [-0.05, 0) is 101 Å². The highest BCUT2D eigenvalue weighted by molar-refractivity contribution is 6.33. The van der Waals surface area contributed by atoms with Crippen LogP contribution in [-0.2, 0) is 11.2 Å². The van der Waals surface area contributed by atoms with Crippen LogP contribution < -0.4 is 5.32 Å². The number of benzene rings is 3. The third-order valence-electron chi connectivity index (χ3n) is 8.28. The number of nitrogens with zero attached hydrogens (tertiary/aromatic N) is 2. The molecule has 214 valence electrons. The maximum atomic E-state index is 11.9. The first-order valence-corrected chi connectivity index (χ1v) is 14.8. The van der Waals surface area contributed by atoms with Crippen molar-refractivity contribution < 1.29 is 14.4 Å². The molecule has 41 heavy (non-hydrogen) atoms. The topological polar surface area (TPSA) is 88.2 Å². The minimum absolute atomic E-state index is 0.173. The minimum Gasteiger partial charge on any atom is -0.481 e. The largest absolute Gasteiger partial charge is 0.481 e. The van der Waals surface area contributed by atoms with Crippen molar-refractivity contribution in [3.05, 3.63) is 77.3 Å². The third kappa shape index (κ3) is 6.48. The molecule has 2 N–H and O–H groups in total. The van der Waals surface area contributed by atoms with E-state index in [1.165, 1.54) is 5.56 Å². The van der Waals surface area contributed by atoms with E-state index in [0.717, 1.165) is 60.0 Å². The molecule has 1 aliphatic rings. The molecule has 0 aliphatic heterocycles. The summed E-state index contributed by atoms with van der Waals surface area (Å²) in [6, 6.07) is 22.2. The van der Waals surface area contributed by atoms with Crippen molar-refractivity contribution in [2.45, 2.75) is 71.8 Å². The van der Waals surface area contributed by atoms with Crippen molar-refractivity contribution >= 4 is 23.3 Å². The second kappa shape index (κ2) is 11.7. The highest BCUT2D eigenvalue weighted by atomic mass is 35.5. The summed E-state index contributed by atoms with van der Waals surface area (Å²) in [7, 11) is 0. The number of nitrogens with one attached hydrogen (secondary N) is 1. The van der Waals surface area contributed by atoms with Crippen LogP contribution >= 0.6 is 11.6 Å². The van der Waals surface area contributed by atoms with Crippen LogP contribution in [0.4, 0.5) is 5.69 Å². The predicted octanol–water partition coefficient (Wildman–Crippen LogP) is 9.15. The number of hydrogen-bond donors (Lipinski definition) is 2. The first-order chi connectivity index (χ1) is 19.6. The molecule has 6 nitrogen and oxygen atoms in total. The predicted molar refractivity (Wildman–Crippen MR) is 165 cm³/mol. The molecule has 1 fully saturated rings. The van der Waals surface area contributed by atoms with Crippen LogP contribution in [0.25, 0.3) is 34.0 Å². The second-order valence-electron chi connectivity index (χ2n) is 12.3. The van der Waals surface area contributed by atoms with E-state index in [9.17, 15) is 9.90 Å². The summed E-state index contributed by atoms with van der Waals surface area (Å²) in [5.74, 6) is 0.747. The van der Waals surface area contributed by atoms with Gasteiger partial charge in [0, 0.05) is 32.9 Å². The fourth-order valence-electron chi connectivity index (χ4n) is 5.86. The highest BCUT2D eigenvalue weighted by Gasteiger charge is 2.40. The molecule has 3 aromatic carbocycles. The molecule has 0 amide bonds. The zero-order valence-corrected chi connectivity index (χ0v) is 25.0. The molecule has 0 saturated heterocycles. The summed E-state index contributed by atoms with van der Waals surface area (Å²) in [5, 5.41) is 18.3. The number of rotatable bonds is 8. The average Bonchev–Trinajstić information content (AvgIpc) is 3.43. The summed E-state index contributed by atoms with van der Waals surface area (Å²) in [6.45, 7) is 8.37. The van der Waals surface area contributed by atoms with Crippen molar-refractivity contribution in [1.82, 2.24) is 10.1 Å². The molecule has 1 aliphatic carbocycles. The second-order valence-corrected chi connectivity index (χ2v) is 12.7. The van der Waals surface area contributed by atoms with Gasteiger partial charge in [-0.1, -0.05) is 66.1 Å². The number of aromatic nitrogens is 2. The molecule has 1 saturated carbocycles. The maximum Gasteiger partial charge on any atom is 0.309 e. The standard InChI is InChI=1S/C34H38ClN3O3/c1-5-34(32(39)40)17-15-22(16-18-34)19-23-11-13-27(29(20-23)37-33(2,3)4)30-36-31(41-38-30)25-12-14-26(28(35)21-25)24-9-7-6-8-10-24/h6-14,20-22,37H,5,15-19H2,1-4H3,(H,39,40). The normalized spacial score (nSPS) is 19.2. The summed E-state index contributed by atoms with van der Waals surface area (Å²) in [6.07, 6.45) is 4.97. The van der Waals surface area contributed by atoms with E-state index in [0.29, 0.717) is 29.1 Å². The lowest BCUT2D eigenvalue weighted by atomic mass is 9.68. The third-order valence-corrected chi connectivity index (χ3v) is 8.59. The Morgan fingerprint density at radius 1 is 1.02 bits per heavy atom. The van der Waals surface area contributed by atoms with Crippen LogP contribution in [0.3, 0.4) is 0 Å². The molecule has 1 heterocycles. The lowest BCUT2D eigenvalue weighted by molar-refractivity contribution is -0.151. The number of hydrogen-bond acceptors (Lipinski definition) is 5. The van der Waals surface area contributed by atoms with Crippen LogP contribution in [0.1, 0.15) is 65.4 Å². The van der Waals surface area contributed by atoms with Gasteiger partial charge in [-0.2, -0.15) is 4.98 Å². The summed E-state index contributed by atoms with van der Waals surface area (Å²) >= 11 is 6.64. The van der Waals surface area contributed by atoms with Gasteiger partial charge in [-0.25, -0.2) is 0 Å². The van der Waals surface area contributed by atoms with Gasteiger partial charge in [0.15, 0.2) is 0 Å². The zero-order chi connectivity index (χ0) is 29.2. The maximum absolute atomic E-state index is 11.9. The molecule has 0 radical (unpaired) electrons. The molecular formula is C34H38ClN3O3. The van der Waals surface area contributed by atoms with Gasteiger partial charge in [0.1, 0.15) is 0 Å². The van der Waals surface area contributed by atoms with Gasteiger partial charge < -0.3 is 14.9 Å². The molecule has 0 spiro atoms. The van der Waals surface area contributed by atoms with Crippen molar-refractivity contribution in [3.8, 4) is 34.0 Å². The Bertz CT molecular complexity index is 1520. The van der Waals surface area contributed by atoms with Crippen molar-refractivity contribution in [2.75, 3.05) is 5.32 Å². The van der Waals surface area contributed by atoms with Crippen LogP contribution in [0.2, 0.25) is 5.02 Å². The molecule has 0 bridgehead atoms. The smallest absolute Gasteiger partial charge is 0.309 e. The van der Waals surface area contributed by atoms with Crippen molar-refractivity contribution in [2.24, 2.45) is 11.3 Å². The van der Waals surface area contributed by atoms with E-state index in [1.807, 2.05) is 55.5 Å². The molecular weight excluding hydrogens is 534 g/mol. The van der Waals surface area contributed by atoms with Gasteiger partial charge in [-0.15, -0.1) is 0 Å². The van der Waals surface area contributed by atoms with E-state index >= 15 is 0 Å². The van der Waals surface area contributed by atoms with E-state index in [2.05, 4.69) is 49.4 Å². The molecule has 1 aromatic heterocycles. The van der Waals surface area contributed by atoms with E-state index in [4.69, 9.17) is 21.1 Å². The van der Waals surface area contributed by atoms with Gasteiger partial charge in [0.05, 0.1) is 5.41 Å². The minimum atomic E-state index is -0.645. The van der Waals surface area contributed by atoms with E-state index < -0.39 is 11.4 Å². The van der Waals surface area contributed by atoms with Crippen LogP contribution in [0.15, 0.2) is 71.3 Å². The number of anilines is 1. The number of carbonyl (C=O) groups is 1. The van der Waals surface area contributed by atoms with Crippen LogP contribution in [0, 0.1) is 11.3 Å². The Balaban J connectivity index is 1.38. The van der Waals surface area contributed by atoms with Crippen molar-refractivity contribution in [3.63, 3.8) is 0 Å². The number of aliphatic carboxylic acids is 1. The fourth-order valence-corrected chi connectivity index (χ4v) is 6.15. The van der Waals surface area contributed by atoms with Gasteiger partial charge in [-0.3, -0.25) is 4.79 Å². The van der Waals surface area contributed by atoms with Gasteiger partial charge in [0.25, 0.3) is 5.89 Å². The number of carboxylic acid groups (broad SMARTS) is 1. The molecule has 0 unspecified atom stereocenters. The monoisotopic (exact) mass is 571 g/mol. The first kappa shape index (κ1) is 28.9. The van der Waals surface area contributed by atoms with E-state index in [1.54, 1.807) is 0 Å². The highest BCUT2D eigenvalue weighted by Crippen LogP contribution is 2.43. The number of halogens is 1. The first-order valence-electron chi connectivity index (χ1n) is 14.4. The lowest BCUT2D eigenvalue weighted by Gasteiger charge is -2.36. The van der Waals surface area contributed by atoms with Crippen molar-refractivity contribution in [1.29, 1.82) is 0 Å².